The molecule has 0 atom stereocenters. The summed E-state index contributed by atoms with van der Waals surface area (Å²) in [6.45, 7) is 6.70. The molecule has 0 unspecified atom stereocenters. The number of carboxylic acid groups (broad SMARTS) is 1. The number of rotatable bonds is 8. The van der Waals surface area contributed by atoms with Crippen LogP contribution in [0.3, 0.4) is 0 Å². The number of nitrogens with zero attached hydrogens (tertiary/aromatic N) is 6. The van der Waals surface area contributed by atoms with Crippen LogP contribution in [0.1, 0.15) is 44.1 Å². The van der Waals surface area contributed by atoms with Crippen molar-refractivity contribution in [1.29, 1.82) is 0 Å². The second kappa shape index (κ2) is 15.5. The van der Waals surface area contributed by atoms with E-state index < -0.39 is 5.97 Å². The number of hydrogen-bond acceptors (Lipinski definition) is 8. The van der Waals surface area contributed by atoms with Gasteiger partial charge in [0.05, 0.1) is 18.1 Å². The van der Waals surface area contributed by atoms with Crippen LogP contribution in [0.5, 0.6) is 11.6 Å². The van der Waals surface area contributed by atoms with Gasteiger partial charge >= 0.3 is 5.97 Å². The molecule has 3 saturated heterocycles. The molecule has 9 nitrogen and oxygen atoms in total. The molecule has 3 fully saturated rings. The molecule has 5 heterocycles. The van der Waals surface area contributed by atoms with Gasteiger partial charge in [-0.15, -0.1) is 24.8 Å². The van der Waals surface area contributed by atoms with E-state index in [1.807, 2.05) is 24.3 Å². The van der Waals surface area contributed by atoms with Crippen LogP contribution >= 0.6 is 48.0 Å². The normalized spacial score (nSPS) is 18.8. The number of carboxylic acids is 1. The summed E-state index contributed by atoms with van der Waals surface area (Å²) in [5.41, 5.74) is 2.98. The summed E-state index contributed by atoms with van der Waals surface area (Å²) in [6, 6.07) is 9.34. The van der Waals surface area contributed by atoms with Crippen molar-refractivity contribution >= 4 is 59.9 Å². The van der Waals surface area contributed by atoms with Crippen LogP contribution in [0, 0.1) is 11.3 Å². The van der Waals surface area contributed by atoms with E-state index in [4.69, 9.17) is 38.0 Å². The van der Waals surface area contributed by atoms with Crippen LogP contribution in [-0.4, -0.2) is 82.1 Å². The molecule has 3 aliphatic heterocycles. The zero-order chi connectivity index (χ0) is 30.0. The van der Waals surface area contributed by atoms with Crippen molar-refractivity contribution in [2.24, 2.45) is 11.3 Å². The summed E-state index contributed by atoms with van der Waals surface area (Å²) in [7, 11) is 2.22. The average Bonchev–Trinajstić information content (AvgIpc) is 3.33. The van der Waals surface area contributed by atoms with E-state index >= 15 is 0 Å². The molecule has 3 aromatic rings. The summed E-state index contributed by atoms with van der Waals surface area (Å²) in [6.07, 6.45) is 9.03. The van der Waals surface area contributed by atoms with E-state index in [0.717, 1.165) is 56.1 Å². The molecule has 1 aromatic carbocycles. The number of carbonyl (C=O) groups is 1. The van der Waals surface area contributed by atoms with Gasteiger partial charge in [-0.2, -0.15) is 0 Å². The first kappa shape index (κ1) is 35.5. The molecule has 0 saturated carbocycles. The third kappa shape index (κ3) is 9.11. The maximum absolute atomic E-state index is 11.1. The van der Waals surface area contributed by atoms with Gasteiger partial charge in [-0.3, -0.25) is 9.69 Å². The van der Waals surface area contributed by atoms with Gasteiger partial charge in [0.15, 0.2) is 5.75 Å². The highest BCUT2D eigenvalue weighted by Crippen LogP contribution is 2.40. The second-order valence-corrected chi connectivity index (χ2v) is 13.3. The maximum atomic E-state index is 11.1. The van der Waals surface area contributed by atoms with Gasteiger partial charge in [0.2, 0.25) is 11.8 Å². The number of piperidine rings is 2. The minimum atomic E-state index is -0.724. The molecule has 0 aliphatic carbocycles. The summed E-state index contributed by atoms with van der Waals surface area (Å²) in [5, 5.41) is 10.2. The molecule has 1 N–H and O–H groups in total. The van der Waals surface area contributed by atoms with E-state index in [9.17, 15) is 4.79 Å². The van der Waals surface area contributed by atoms with E-state index in [1.165, 1.54) is 32.4 Å². The molecule has 3 aliphatic rings. The third-order valence-corrected chi connectivity index (χ3v) is 9.61. The van der Waals surface area contributed by atoms with Crippen molar-refractivity contribution in [3.63, 3.8) is 0 Å². The molecule has 13 heteroatoms. The Balaban J connectivity index is 0.00000230. The van der Waals surface area contributed by atoms with Crippen LogP contribution in [0.4, 0.5) is 5.95 Å². The number of aromatic nitrogens is 3. The Bertz CT molecular complexity index is 1430. The van der Waals surface area contributed by atoms with E-state index in [-0.39, 0.29) is 37.2 Å². The fourth-order valence-corrected chi connectivity index (χ4v) is 7.33. The molecule has 1 spiro atoms. The lowest BCUT2D eigenvalue weighted by Crippen LogP contribution is -2.42. The molecule has 0 bridgehead atoms. The molecule has 45 heavy (non-hydrogen) atoms. The van der Waals surface area contributed by atoms with Crippen molar-refractivity contribution in [2.45, 2.75) is 45.1 Å². The number of anilines is 1. The average molecular weight is 699 g/mol. The highest BCUT2D eigenvalue weighted by atomic mass is 35.5. The molecule has 6 rings (SSSR count). The van der Waals surface area contributed by atoms with Gasteiger partial charge in [0.1, 0.15) is 0 Å². The largest absolute Gasteiger partial charge is 0.481 e. The van der Waals surface area contributed by atoms with Crippen molar-refractivity contribution < 1.29 is 14.6 Å². The first-order valence-corrected chi connectivity index (χ1v) is 15.8. The Morgan fingerprint density at radius 3 is 2.20 bits per heavy atom. The summed E-state index contributed by atoms with van der Waals surface area (Å²) in [5.74, 6) is 1.19. The van der Waals surface area contributed by atoms with Gasteiger partial charge < -0.3 is 19.6 Å². The zero-order valence-corrected chi connectivity index (χ0v) is 28.5. The van der Waals surface area contributed by atoms with Gasteiger partial charge in [-0.25, -0.2) is 15.0 Å². The molecule has 2 aromatic heterocycles. The van der Waals surface area contributed by atoms with Crippen LogP contribution in [0.2, 0.25) is 10.0 Å². The van der Waals surface area contributed by atoms with Crippen LogP contribution < -0.4 is 9.64 Å². The van der Waals surface area contributed by atoms with Crippen LogP contribution in [0.25, 0.3) is 11.3 Å². The van der Waals surface area contributed by atoms with Gasteiger partial charge in [-0.05, 0) is 99.9 Å². The highest BCUT2D eigenvalue weighted by molar-refractivity contribution is 6.35. The number of pyridine rings is 1. The van der Waals surface area contributed by atoms with E-state index in [0.29, 0.717) is 39.3 Å². The first-order chi connectivity index (χ1) is 20.7. The highest BCUT2D eigenvalue weighted by Gasteiger charge is 2.39. The maximum Gasteiger partial charge on any atom is 0.303 e. The molecule has 0 amide bonds. The van der Waals surface area contributed by atoms with E-state index in [1.54, 1.807) is 18.5 Å². The minimum absolute atomic E-state index is 0. The number of aliphatic carboxylic acids is 1. The standard InChI is InChI=1S/C32H38Cl2N6O3.2ClH/c1-38-9-4-32(21-38)5-10-40(11-6-32)31-35-18-27(19-36-31)43-29-13-23(20-39-7-2-22(3-8-39)14-30(41)42)12-28(37-29)24-15-25(33)17-26(34)16-24;;/h12-13,15-19,22H,2-11,14,20-21H2,1H3,(H,41,42);2*1H. The quantitative estimate of drug-likeness (QED) is 0.265. The van der Waals surface area contributed by atoms with Crippen molar-refractivity contribution in [3.05, 3.63) is 58.3 Å². The topological polar surface area (TPSA) is 94.9 Å². The molecular formula is C32H40Cl4N6O3. The molecule has 244 valence electrons. The lowest BCUT2D eigenvalue weighted by atomic mass is 9.78. The second-order valence-electron chi connectivity index (χ2n) is 12.5. The Morgan fingerprint density at radius 2 is 1.60 bits per heavy atom. The third-order valence-electron chi connectivity index (χ3n) is 9.17. The lowest BCUT2D eigenvalue weighted by Gasteiger charge is -2.39. The predicted molar refractivity (Wildman–Crippen MR) is 183 cm³/mol. The van der Waals surface area contributed by atoms with Gasteiger partial charge in [-0.1, -0.05) is 23.2 Å². The first-order valence-electron chi connectivity index (χ1n) is 15.1. The van der Waals surface area contributed by atoms with Crippen LogP contribution in [-0.2, 0) is 11.3 Å². The summed E-state index contributed by atoms with van der Waals surface area (Å²) < 4.78 is 6.21. The smallest absolute Gasteiger partial charge is 0.303 e. The van der Waals surface area contributed by atoms with Gasteiger partial charge in [0, 0.05) is 54.3 Å². The van der Waals surface area contributed by atoms with Crippen molar-refractivity contribution in [1.82, 2.24) is 24.8 Å². The number of halogens is 4. The predicted octanol–water partition coefficient (Wildman–Crippen LogP) is 7.09. The lowest BCUT2D eigenvalue weighted by molar-refractivity contribution is -0.138. The SMILES string of the molecule is CN1CCC2(CCN(c3ncc(Oc4cc(CN5CCC(CC(=O)O)CC5)cc(-c5cc(Cl)cc(Cl)c5)n4)cn3)CC2)C1.Cl.Cl. The Kier molecular flexibility index (Phi) is 12.2. The molecular weight excluding hydrogens is 658 g/mol. The monoisotopic (exact) mass is 696 g/mol. The van der Waals surface area contributed by atoms with Crippen molar-refractivity contribution in [3.8, 4) is 22.9 Å². The van der Waals surface area contributed by atoms with E-state index in [2.05, 4.69) is 31.7 Å². The Hall–Kier alpha value is -2.40. The minimum Gasteiger partial charge on any atom is -0.481 e. The summed E-state index contributed by atoms with van der Waals surface area (Å²) >= 11 is 12.6. The Morgan fingerprint density at radius 1 is 0.956 bits per heavy atom. The fourth-order valence-electron chi connectivity index (χ4n) is 6.80. The summed E-state index contributed by atoms with van der Waals surface area (Å²) in [4.78, 5) is 32.3. The zero-order valence-electron chi connectivity index (χ0n) is 25.3. The number of benzene rings is 1. The number of likely N-dealkylation sites (tertiary alicyclic amines) is 2. The Labute approximate surface area is 287 Å². The number of hydrogen-bond donors (Lipinski definition) is 1. The van der Waals surface area contributed by atoms with Gasteiger partial charge in [0.25, 0.3) is 0 Å². The van der Waals surface area contributed by atoms with Crippen molar-refractivity contribution in [2.75, 3.05) is 51.2 Å². The number of ether oxygens (including phenoxy) is 1. The van der Waals surface area contributed by atoms with Crippen LogP contribution in [0.15, 0.2) is 42.7 Å². The fraction of sp³-hybridized carbons (Fsp3) is 0.500. The molecule has 0 radical (unpaired) electrons.